The van der Waals surface area contributed by atoms with Crippen molar-refractivity contribution in [3.63, 3.8) is 0 Å². The minimum atomic E-state index is -0.0115. The Labute approximate surface area is 130 Å². The van der Waals surface area contributed by atoms with Gasteiger partial charge in [0.15, 0.2) is 11.5 Å². The Bertz CT molecular complexity index is 554. The summed E-state index contributed by atoms with van der Waals surface area (Å²) in [5.74, 6) is 1.63. The van der Waals surface area contributed by atoms with Gasteiger partial charge in [-0.15, -0.1) is 6.58 Å². The van der Waals surface area contributed by atoms with E-state index in [0.29, 0.717) is 13.3 Å². The van der Waals surface area contributed by atoms with Gasteiger partial charge in [0.25, 0.3) is 0 Å². The van der Waals surface area contributed by atoms with E-state index in [1.165, 1.54) is 5.56 Å². The highest BCUT2D eigenvalue weighted by Gasteiger charge is 2.21. The molecule has 1 aromatic rings. The number of hydrogen-bond donors (Lipinski definition) is 1. The third kappa shape index (κ3) is 3.33. The molecule has 1 aromatic carbocycles. The number of benzene rings is 1. The number of urea groups is 1. The van der Waals surface area contributed by atoms with Crippen LogP contribution in [0.2, 0.25) is 0 Å². The summed E-state index contributed by atoms with van der Waals surface area (Å²) in [6.45, 7) is 8.50. The van der Waals surface area contributed by atoms with E-state index < -0.39 is 0 Å². The predicted octanol–water partition coefficient (Wildman–Crippen LogP) is 1.43. The summed E-state index contributed by atoms with van der Waals surface area (Å²) in [5.41, 5.74) is 1.20. The molecule has 0 bridgehead atoms. The van der Waals surface area contributed by atoms with Crippen molar-refractivity contribution in [2.45, 2.75) is 6.54 Å². The molecule has 1 fully saturated rings. The number of ether oxygens (including phenoxy) is 2. The average Bonchev–Trinajstić information content (AvgIpc) is 3.01. The number of fused-ring (bicyclic) bond motifs is 1. The lowest BCUT2D eigenvalue weighted by Gasteiger charge is -2.34. The Morgan fingerprint density at radius 3 is 2.77 bits per heavy atom. The molecule has 118 valence electrons. The Hall–Kier alpha value is -2.21. The molecule has 6 heteroatoms. The lowest BCUT2D eigenvalue weighted by Crippen LogP contribution is -2.51. The summed E-state index contributed by atoms with van der Waals surface area (Å²) < 4.78 is 10.7. The highest BCUT2D eigenvalue weighted by molar-refractivity contribution is 5.74. The van der Waals surface area contributed by atoms with Gasteiger partial charge in [-0.05, 0) is 17.7 Å². The molecule has 3 rings (SSSR count). The molecule has 0 spiro atoms. The molecule has 1 saturated heterocycles. The van der Waals surface area contributed by atoms with E-state index >= 15 is 0 Å². The zero-order valence-electron chi connectivity index (χ0n) is 12.6. The van der Waals surface area contributed by atoms with Crippen LogP contribution in [0.5, 0.6) is 11.5 Å². The van der Waals surface area contributed by atoms with Crippen LogP contribution in [-0.2, 0) is 6.54 Å². The molecule has 2 amide bonds. The summed E-state index contributed by atoms with van der Waals surface area (Å²) in [7, 11) is 0. The maximum atomic E-state index is 11.9. The van der Waals surface area contributed by atoms with Gasteiger partial charge >= 0.3 is 6.03 Å². The number of amides is 2. The van der Waals surface area contributed by atoms with E-state index in [9.17, 15) is 4.79 Å². The highest BCUT2D eigenvalue weighted by Crippen LogP contribution is 2.32. The van der Waals surface area contributed by atoms with E-state index in [1.807, 2.05) is 17.0 Å². The number of piperazine rings is 1. The van der Waals surface area contributed by atoms with Crippen molar-refractivity contribution in [3.05, 3.63) is 36.4 Å². The second-order valence-electron chi connectivity index (χ2n) is 5.43. The van der Waals surface area contributed by atoms with Crippen molar-refractivity contribution in [2.24, 2.45) is 0 Å². The van der Waals surface area contributed by atoms with Gasteiger partial charge < -0.3 is 19.7 Å². The second kappa shape index (κ2) is 6.70. The molecule has 1 N–H and O–H groups in total. The van der Waals surface area contributed by atoms with Gasteiger partial charge in [-0.1, -0.05) is 12.1 Å². The van der Waals surface area contributed by atoms with E-state index in [0.717, 1.165) is 44.2 Å². The molecule has 2 heterocycles. The van der Waals surface area contributed by atoms with Crippen molar-refractivity contribution >= 4 is 6.03 Å². The number of nitrogens with one attached hydrogen (secondary N) is 1. The van der Waals surface area contributed by atoms with Crippen LogP contribution >= 0.6 is 0 Å². The van der Waals surface area contributed by atoms with Crippen LogP contribution in [0.4, 0.5) is 4.79 Å². The number of rotatable bonds is 4. The minimum Gasteiger partial charge on any atom is -0.454 e. The van der Waals surface area contributed by atoms with Crippen LogP contribution in [0.25, 0.3) is 0 Å². The minimum absolute atomic E-state index is 0.0115. The predicted molar refractivity (Wildman–Crippen MR) is 83.0 cm³/mol. The van der Waals surface area contributed by atoms with E-state index in [4.69, 9.17) is 9.47 Å². The Kier molecular flexibility index (Phi) is 4.48. The zero-order chi connectivity index (χ0) is 15.4. The first kappa shape index (κ1) is 14.7. The molecule has 0 saturated carbocycles. The number of carbonyl (C=O) groups is 1. The molecular weight excluding hydrogens is 282 g/mol. The first-order chi connectivity index (χ1) is 10.8. The maximum Gasteiger partial charge on any atom is 0.317 e. The van der Waals surface area contributed by atoms with Crippen molar-refractivity contribution in [2.75, 3.05) is 39.5 Å². The molecule has 2 aliphatic heterocycles. The van der Waals surface area contributed by atoms with Crippen LogP contribution in [-0.4, -0.2) is 55.3 Å². The molecular formula is C16H21N3O3. The zero-order valence-corrected chi connectivity index (χ0v) is 12.6. The van der Waals surface area contributed by atoms with Crippen molar-refractivity contribution in [1.82, 2.24) is 15.1 Å². The normalized spacial score (nSPS) is 17.4. The van der Waals surface area contributed by atoms with Crippen LogP contribution in [0.15, 0.2) is 30.9 Å². The number of carbonyl (C=O) groups excluding carboxylic acids is 1. The summed E-state index contributed by atoms with van der Waals surface area (Å²) >= 11 is 0. The molecule has 0 radical (unpaired) electrons. The smallest absolute Gasteiger partial charge is 0.317 e. The van der Waals surface area contributed by atoms with E-state index in [-0.39, 0.29) is 6.03 Å². The number of hydrogen-bond acceptors (Lipinski definition) is 4. The van der Waals surface area contributed by atoms with Crippen molar-refractivity contribution in [1.29, 1.82) is 0 Å². The summed E-state index contributed by atoms with van der Waals surface area (Å²) in [4.78, 5) is 16.1. The molecule has 0 aromatic heterocycles. The van der Waals surface area contributed by atoms with Crippen LogP contribution < -0.4 is 14.8 Å². The van der Waals surface area contributed by atoms with Gasteiger partial charge in [-0.2, -0.15) is 0 Å². The second-order valence-corrected chi connectivity index (χ2v) is 5.43. The van der Waals surface area contributed by atoms with Gasteiger partial charge in [0.2, 0.25) is 6.79 Å². The molecule has 6 nitrogen and oxygen atoms in total. The van der Waals surface area contributed by atoms with Crippen molar-refractivity contribution in [3.8, 4) is 11.5 Å². The Morgan fingerprint density at radius 2 is 2.00 bits per heavy atom. The summed E-state index contributed by atoms with van der Waals surface area (Å²) in [6.07, 6.45) is 1.69. The molecule has 22 heavy (non-hydrogen) atoms. The quantitative estimate of drug-likeness (QED) is 0.855. The Morgan fingerprint density at radius 1 is 1.23 bits per heavy atom. The fourth-order valence-electron chi connectivity index (χ4n) is 2.68. The van der Waals surface area contributed by atoms with Crippen LogP contribution in [0.3, 0.4) is 0 Å². The summed E-state index contributed by atoms with van der Waals surface area (Å²) in [5, 5.41) is 2.81. The maximum absolute atomic E-state index is 11.9. The lowest BCUT2D eigenvalue weighted by molar-refractivity contribution is 0.136. The van der Waals surface area contributed by atoms with Crippen LogP contribution in [0, 0.1) is 0 Å². The summed E-state index contributed by atoms with van der Waals surface area (Å²) in [6, 6.07) is 6.04. The van der Waals surface area contributed by atoms with Gasteiger partial charge in [0, 0.05) is 39.3 Å². The average molecular weight is 303 g/mol. The molecule has 0 atom stereocenters. The fraction of sp³-hybridized carbons (Fsp3) is 0.438. The van der Waals surface area contributed by atoms with E-state index in [2.05, 4.69) is 22.9 Å². The van der Waals surface area contributed by atoms with Crippen LogP contribution in [0.1, 0.15) is 5.56 Å². The Balaban J connectivity index is 1.49. The van der Waals surface area contributed by atoms with Gasteiger partial charge in [-0.25, -0.2) is 4.79 Å². The number of nitrogens with zero attached hydrogens (tertiary/aromatic N) is 2. The van der Waals surface area contributed by atoms with Gasteiger partial charge in [-0.3, -0.25) is 4.90 Å². The molecule has 0 aliphatic carbocycles. The largest absolute Gasteiger partial charge is 0.454 e. The van der Waals surface area contributed by atoms with Gasteiger partial charge in [0.1, 0.15) is 0 Å². The topological polar surface area (TPSA) is 54.0 Å². The van der Waals surface area contributed by atoms with Crippen molar-refractivity contribution < 1.29 is 14.3 Å². The molecule has 0 unspecified atom stereocenters. The first-order valence-corrected chi connectivity index (χ1v) is 7.51. The van der Waals surface area contributed by atoms with E-state index in [1.54, 1.807) is 6.08 Å². The first-order valence-electron chi connectivity index (χ1n) is 7.51. The SMILES string of the molecule is C=CCNC(=O)N1CCN(Cc2ccc3c(c2)OCO3)CC1. The lowest BCUT2D eigenvalue weighted by atomic mass is 10.1. The molecule has 2 aliphatic rings. The fourth-order valence-corrected chi connectivity index (χ4v) is 2.68. The standard InChI is InChI=1S/C16H21N3O3/c1-2-5-17-16(20)19-8-6-18(7-9-19)11-13-3-4-14-15(10-13)22-12-21-14/h2-4,10H,1,5-9,11-12H2,(H,17,20). The monoisotopic (exact) mass is 303 g/mol. The van der Waals surface area contributed by atoms with Gasteiger partial charge in [0.05, 0.1) is 0 Å². The third-order valence-corrected chi connectivity index (χ3v) is 3.90. The highest BCUT2D eigenvalue weighted by atomic mass is 16.7. The third-order valence-electron chi connectivity index (χ3n) is 3.90.